The van der Waals surface area contributed by atoms with Gasteiger partial charge < -0.3 is 9.32 Å². The first kappa shape index (κ1) is 13.4. The summed E-state index contributed by atoms with van der Waals surface area (Å²) >= 11 is 1.51. The van der Waals surface area contributed by atoms with Gasteiger partial charge in [0.15, 0.2) is 10.8 Å². The fourth-order valence-electron chi connectivity index (χ4n) is 2.64. The number of nitrogens with zero attached hydrogens (tertiary/aromatic N) is 2. The second-order valence-corrected chi connectivity index (χ2v) is 6.45. The number of hydrogen-bond acceptors (Lipinski definition) is 4. The van der Waals surface area contributed by atoms with E-state index in [9.17, 15) is 4.79 Å². The van der Waals surface area contributed by atoms with Crippen molar-refractivity contribution >= 4 is 17.2 Å². The van der Waals surface area contributed by atoms with Crippen molar-refractivity contribution in [2.75, 3.05) is 6.54 Å². The Morgan fingerprint density at radius 1 is 1.50 bits per heavy atom. The van der Waals surface area contributed by atoms with Crippen LogP contribution in [0.4, 0.5) is 0 Å². The van der Waals surface area contributed by atoms with E-state index in [1.165, 1.54) is 17.8 Å². The summed E-state index contributed by atoms with van der Waals surface area (Å²) in [5.41, 5.74) is 0.579. The van der Waals surface area contributed by atoms with Gasteiger partial charge in [0.25, 0.3) is 5.91 Å². The number of aryl methyl sites for hydroxylation is 1. The summed E-state index contributed by atoms with van der Waals surface area (Å²) in [4.78, 5) is 20.1. The molecule has 3 rings (SSSR count). The molecule has 0 unspecified atom stereocenters. The van der Waals surface area contributed by atoms with E-state index in [0.717, 1.165) is 35.0 Å². The smallest absolute Gasteiger partial charge is 0.273 e. The Balaban J connectivity index is 1.88. The zero-order valence-electron chi connectivity index (χ0n) is 11.8. The minimum Gasteiger partial charge on any atom is -0.462 e. The molecule has 1 aliphatic rings. The van der Waals surface area contributed by atoms with E-state index in [1.807, 2.05) is 24.0 Å². The minimum atomic E-state index is 0.0590. The first-order chi connectivity index (χ1) is 9.66. The van der Waals surface area contributed by atoms with Crippen LogP contribution in [0.2, 0.25) is 0 Å². The monoisotopic (exact) mass is 290 g/mol. The quantitative estimate of drug-likeness (QED) is 0.846. The molecule has 1 saturated heterocycles. The molecule has 4 nitrogen and oxygen atoms in total. The van der Waals surface area contributed by atoms with Gasteiger partial charge in [0.05, 0.1) is 6.26 Å². The number of likely N-dealkylation sites (tertiary alicyclic amines) is 1. The Bertz CT molecular complexity index is 603. The van der Waals surface area contributed by atoms with E-state index in [1.54, 1.807) is 6.26 Å². The Morgan fingerprint density at radius 3 is 3.05 bits per heavy atom. The molecule has 5 heteroatoms. The molecule has 0 aromatic carbocycles. The zero-order valence-corrected chi connectivity index (χ0v) is 12.6. The fraction of sp³-hybridized carbons (Fsp3) is 0.467. The lowest BCUT2D eigenvalue weighted by Crippen LogP contribution is -2.42. The Hall–Kier alpha value is -1.62. The van der Waals surface area contributed by atoms with Crippen LogP contribution >= 0.6 is 11.3 Å². The normalized spacial score (nSPS) is 19.3. The van der Waals surface area contributed by atoms with Crippen LogP contribution in [0, 0.1) is 6.92 Å². The van der Waals surface area contributed by atoms with Crippen molar-refractivity contribution in [3.05, 3.63) is 29.0 Å². The lowest BCUT2D eigenvalue weighted by atomic mass is 10.0. The van der Waals surface area contributed by atoms with Crippen LogP contribution in [-0.4, -0.2) is 28.4 Å². The number of carbonyl (C=O) groups excluding carboxylic acids is 1. The molecule has 2 aromatic rings. The minimum absolute atomic E-state index is 0.0590. The van der Waals surface area contributed by atoms with Crippen molar-refractivity contribution in [1.29, 1.82) is 0 Å². The van der Waals surface area contributed by atoms with Crippen molar-refractivity contribution < 1.29 is 9.21 Å². The molecular weight excluding hydrogens is 272 g/mol. The molecule has 106 valence electrons. The van der Waals surface area contributed by atoms with E-state index >= 15 is 0 Å². The number of carbonyl (C=O) groups is 1. The number of furan rings is 1. The fourth-order valence-corrected chi connectivity index (χ4v) is 3.51. The van der Waals surface area contributed by atoms with Gasteiger partial charge in [-0.05, 0) is 45.2 Å². The van der Waals surface area contributed by atoms with Crippen LogP contribution in [0.5, 0.6) is 0 Å². The van der Waals surface area contributed by atoms with Gasteiger partial charge in [0.2, 0.25) is 0 Å². The van der Waals surface area contributed by atoms with Gasteiger partial charge in [-0.3, -0.25) is 4.79 Å². The lowest BCUT2D eigenvalue weighted by molar-refractivity contribution is 0.0629. The highest BCUT2D eigenvalue weighted by Gasteiger charge is 2.27. The summed E-state index contributed by atoms with van der Waals surface area (Å²) in [5, 5.41) is 0.778. The molecule has 1 fully saturated rings. The molecule has 1 amide bonds. The number of thiazole rings is 1. The van der Waals surface area contributed by atoms with Crippen molar-refractivity contribution in [3.8, 4) is 10.8 Å². The third-order valence-corrected chi connectivity index (χ3v) is 4.78. The topological polar surface area (TPSA) is 46.3 Å². The van der Waals surface area contributed by atoms with E-state index in [-0.39, 0.29) is 5.91 Å². The molecule has 0 saturated carbocycles. The van der Waals surface area contributed by atoms with Gasteiger partial charge >= 0.3 is 0 Å². The van der Waals surface area contributed by atoms with Crippen LogP contribution in [0.25, 0.3) is 10.8 Å². The highest BCUT2D eigenvalue weighted by molar-refractivity contribution is 7.15. The molecular formula is C15H18N2O2S. The summed E-state index contributed by atoms with van der Waals surface area (Å²) in [6, 6.07) is 4.01. The Morgan fingerprint density at radius 2 is 2.35 bits per heavy atom. The summed E-state index contributed by atoms with van der Waals surface area (Å²) in [5.74, 6) is 0.785. The summed E-state index contributed by atoms with van der Waals surface area (Å²) in [6.07, 6.45) is 5.00. The van der Waals surface area contributed by atoms with Crippen molar-refractivity contribution in [2.24, 2.45) is 0 Å². The highest BCUT2D eigenvalue weighted by atomic mass is 32.1. The molecule has 0 aliphatic carbocycles. The maximum atomic E-state index is 12.7. The van der Waals surface area contributed by atoms with Gasteiger partial charge in [0.1, 0.15) is 5.69 Å². The number of aromatic nitrogens is 1. The maximum absolute atomic E-state index is 12.7. The van der Waals surface area contributed by atoms with Gasteiger partial charge in [-0.25, -0.2) is 4.98 Å². The van der Waals surface area contributed by atoms with Crippen molar-refractivity contribution in [1.82, 2.24) is 9.88 Å². The predicted molar refractivity (Wildman–Crippen MR) is 78.9 cm³/mol. The first-order valence-electron chi connectivity index (χ1n) is 6.99. The van der Waals surface area contributed by atoms with E-state index in [0.29, 0.717) is 11.7 Å². The van der Waals surface area contributed by atoms with Crippen LogP contribution in [0.15, 0.2) is 22.8 Å². The molecule has 3 heterocycles. The number of rotatable bonds is 2. The second kappa shape index (κ2) is 5.40. The molecule has 0 radical (unpaired) electrons. The Labute approximate surface area is 122 Å². The molecule has 0 spiro atoms. The molecule has 1 aliphatic heterocycles. The van der Waals surface area contributed by atoms with E-state index in [2.05, 4.69) is 11.9 Å². The molecule has 1 atom stereocenters. The molecule has 0 bridgehead atoms. The molecule has 0 N–H and O–H groups in total. The zero-order chi connectivity index (χ0) is 14.1. The van der Waals surface area contributed by atoms with Crippen LogP contribution in [-0.2, 0) is 0 Å². The Kier molecular flexibility index (Phi) is 3.61. The molecule has 20 heavy (non-hydrogen) atoms. The third kappa shape index (κ3) is 2.38. The van der Waals surface area contributed by atoms with E-state index < -0.39 is 0 Å². The van der Waals surface area contributed by atoms with Gasteiger partial charge in [-0.2, -0.15) is 0 Å². The maximum Gasteiger partial charge on any atom is 0.273 e. The SMILES string of the molecule is Cc1sc(-c2ccco2)nc1C(=O)N1CCCC[C@H]1C. The highest BCUT2D eigenvalue weighted by Crippen LogP contribution is 2.29. The van der Waals surface area contributed by atoms with Gasteiger partial charge in [-0.1, -0.05) is 0 Å². The first-order valence-corrected chi connectivity index (χ1v) is 7.80. The number of hydrogen-bond donors (Lipinski definition) is 0. The summed E-state index contributed by atoms with van der Waals surface area (Å²) in [6.45, 7) is 4.91. The lowest BCUT2D eigenvalue weighted by Gasteiger charge is -2.33. The standard InChI is InChI=1S/C15H18N2O2S/c1-10-6-3-4-8-17(10)15(18)13-11(2)20-14(16-13)12-7-5-9-19-12/h5,7,9-10H,3-4,6,8H2,1-2H3/t10-/m1/s1. The van der Waals surface area contributed by atoms with Crippen molar-refractivity contribution in [3.63, 3.8) is 0 Å². The van der Waals surface area contributed by atoms with Gasteiger partial charge in [-0.15, -0.1) is 11.3 Å². The van der Waals surface area contributed by atoms with Gasteiger partial charge in [0, 0.05) is 17.5 Å². The summed E-state index contributed by atoms with van der Waals surface area (Å²) in [7, 11) is 0. The third-order valence-electron chi connectivity index (χ3n) is 3.79. The van der Waals surface area contributed by atoms with Crippen LogP contribution < -0.4 is 0 Å². The van der Waals surface area contributed by atoms with Crippen LogP contribution in [0.1, 0.15) is 41.6 Å². The van der Waals surface area contributed by atoms with E-state index in [4.69, 9.17) is 4.42 Å². The van der Waals surface area contributed by atoms with Crippen LogP contribution in [0.3, 0.4) is 0 Å². The average molecular weight is 290 g/mol. The number of piperidine rings is 1. The largest absolute Gasteiger partial charge is 0.462 e. The predicted octanol–water partition coefficient (Wildman–Crippen LogP) is 3.73. The van der Waals surface area contributed by atoms with Crippen molar-refractivity contribution in [2.45, 2.75) is 39.2 Å². The molecule has 2 aromatic heterocycles. The average Bonchev–Trinajstić information content (AvgIpc) is 3.07. The second-order valence-electron chi connectivity index (χ2n) is 5.24. The number of amides is 1. The summed E-state index contributed by atoms with van der Waals surface area (Å²) < 4.78 is 5.36.